The van der Waals surface area contributed by atoms with E-state index in [1.54, 1.807) is 6.26 Å². The summed E-state index contributed by atoms with van der Waals surface area (Å²) in [5.74, 6) is 0.850. The minimum atomic E-state index is -0.0172. The maximum atomic E-state index is 12.1. The van der Waals surface area contributed by atoms with Gasteiger partial charge in [-0.1, -0.05) is 18.2 Å². The Labute approximate surface area is 119 Å². The number of benzene rings is 1. The van der Waals surface area contributed by atoms with Crippen molar-refractivity contribution in [3.63, 3.8) is 0 Å². The van der Waals surface area contributed by atoms with E-state index >= 15 is 0 Å². The van der Waals surface area contributed by atoms with Gasteiger partial charge in [-0.2, -0.15) is 0 Å². The molecule has 0 radical (unpaired) electrons. The zero-order valence-corrected chi connectivity index (χ0v) is 11.9. The smallest absolute Gasteiger partial charge is 0.238 e. The number of nitrogens with one attached hydrogen (secondary N) is 1. The number of para-hydroxylation sites is 1. The molecule has 4 heteroatoms. The van der Waals surface area contributed by atoms with Crippen LogP contribution in [-0.2, 0) is 11.3 Å². The van der Waals surface area contributed by atoms with E-state index in [-0.39, 0.29) is 11.9 Å². The minimum absolute atomic E-state index is 0.0172. The van der Waals surface area contributed by atoms with Crippen LogP contribution in [0.2, 0.25) is 0 Å². The third-order valence-corrected chi connectivity index (χ3v) is 3.07. The molecule has 4 nitrogen and oxygen atoms in total. The lowest BCUT2D eigenvalue weighted by Crippen LogP contribution is -2.37. The lowest BCUT2D eigenvalue weighted by atomic mass is 10.2. The molecule has 0 aliphatic rings. The highest BCUT2D eigenvalue weighted by molar-refractivity contribution is 5.92. The average molecular weight is 272 g/mol. The third kappa shape index (κ3) is 4.24. The van der Waals surface area contributed by atoms with Gasteiger partial charge >= 0.3 is 0 Å². The predicted molar refractivity (Wildman–Crippen MR) is 79.3 cm³/mol. The molecule has 0 bridgehead atoms. The summed E-state index contributed by atoms with van der Waals surface area (Å²) in [6.45, 7) is 5.11. The molecule has 0 saturated carbocycles. The van der Waals surface area contributed by atoms with E-state index in [0.29, 0.717) is 13.1 Å². The SMILES string of the molecule is CC(C)N(CC(=O)Nc1ccccc1)Cc1ccco1. The lowest BCUT2D eigenvalue weighted by Gasteiger charge is -2.24. The van der Waals surface area contributed by atoms with E-state index in [1.165, 1.54) is 0 Å². The molecule has 0 saturated heterocycles. The summed E-state index contributed by atoms with van der Waals surface area (Å²) in [7, 11) is 0. The molecule has 0 fully saturated rings. The number of hydrogen-bond donors (Lipinski definition) is 1. The number of carbonyl (C=O) groups is 1. The molecule has 2 aromatic rings. The van der Waals surface area contributed by atoms with Crippen LogP contribution in [0, 0.1) is 0 Å². The molecule has 0 unspecified atom stereocenters. The van der Waals surface area contributed by atoms with Gasteiger partial charge in [-0.3, -0.25) is 9.69 Å². The fourth-order valence-electron chi connectivity index (χ4n) is 1.93. The van der Waals surface area contributed by atoms with Crippen molar-refractivity contribution in [3.8, 4) is 0 Å². The maximum Gasteiger partial charge on any atom is 0.238 e. The van der Waals surface area contributed by atoms with E-state index < -0.39 is 0 Å². The third-order valence-electron chi connectivity index (χ3n) is 3.07. The highest BCUT2D eigenvalue weighted by Crippen LogP contribution is 2.10. The topological polar surface area (TPSA) is 45.5 Å². The maximum absolute atomic E-state index is 12.1. The molecule has 1 N–H and O–H groups in total. The van der Waals surface area contributed by atoms with Crippen LogP contribution in [0.25, 0.3) is 0 Å². The van der Waals surface area contributed by atoms with Crippen molar-refractivity contribution < 1.29 is 9.21 Å². The van der Waals surface area contributed by atoms with E-state index in [9.17, 15) is 4.79 Å². The fourth-order valence-corrected chi connectivity index (χ4v) is 1.93. The summed E-state index contributed by atoms with van der Waals surface area (Å²) < 4.78 is 5.34. The highest BCUT2D eigenvalue weighted by Gasteiger charge is 2.15. The van der Waals surface area contributed by atoms with Crippen molar-refractivity contribution in [3.05, 3.63) is 54.5 Å². The van der Waals surface area contributed by atoms with Crippen molar-refractivity contribution in [2.24, 2.45) is 0 Å². The second kappa shape index (κ2) is 6.91. The molecule has 0 atom stereocenters. The van der Waals surface area contributed by atoms with Crippen molar-refractivity contribution in [2.45, 2.75) is 26.4 Å². The Morgan fingerprint density at radius 1 is 1.20 bits per heavy atom. The Kier molecular flexibility index (Phi) is 4.96. The molecule has 1 amide bonds. The predicted octanol–water partition coefficient (Wildman–Crippen LogP) is 3.13. The Hall–Kier alpha value is -2.07. The number of furan rings is 1. The quantitative estimate of drug-likeness (QED) is 0.878. The van der Waals surface area contributed by atoms with Gasteiger partial charge < -0.3 is 9.73 Å². The number of anilines is 1. The molecule has 0 aliphatic heterocycles. The van der Waals surface area contributed by atoms with Crippen molar-refractivity contribution in [2.75, 3.05) is 11.9 Å². The summed E-state index contributed by atoms with van der Waals surface area (Å²) in [5.41, 5.74) is 0.819. The molecular formula is C16H20N2O2. The average Bonchev–Trinajstić information content (AvgIpc) is 2.92. The molecule has 1 aromatic heterocycles. The van der Waals surface area contributed by atoms with Gasteiger partial charge in [0.25, 0.3) is 0 Å². The van der Waals surface area contributed by atoms with Crippen molar-refractivity contribution in [1.29, 1.82) is 0 Å². The van der Waals surface area contributed by atoms with E-state index in [4.69, 9.17) is 4.42 Å². The first kappa shape index (κ1) is 14.3. The van der Waals surface area contributed by atoms with Crippen LogP contribution in [0.3, 0.4) is 0 Å². The van der Waals surface area contributed by atoms with Gasteiger partial charge in [0.15, 0.2) is 0 Å². The Morgan fingerprint density at radius 3 is 2.55 bits per heavy atom. The number of hydrogen-bond acceptors (Lipinski definition) is 3. The Morgan fingerprint density at radius 2 is 1.95 bits per heavy atom. The van der Waals surface area contributed by atoms with Gasteiger partial charge in [0.1, 0.15) is 5.76 Å². The molecule has 106 valence electrons. The lowest BCUT2D eigenvalue weighted by molar-refractivity contribution is -0.117. The molecule has 0 spiro atoms. The van der Waals surface area contributed by atoms with E-state index in [2.05, 4.69) is 24.1 Å². The zero-order chi connectivity index (χ0) is 14.4. The largest absolute Gasteiger partial charge is 0.468 e. The number of amides is 1. The first-order valence-corrected chi connectivity index (χ1v) is 6.76. The normalized spacial score (nSPS) is 11.0. The Balaban J connectivity index is 1.92. The van der Waals surface area contributed by atoms with Gasteiger partial charge in [-0.25, -0.2) is 0 Å². The van der Waals surface area contributed by atoms with Crippen LogP contribution < -0.4 is 5.32 Å². The van der Waals surface area contributed by atoms with Crippen LogP contribution in [0.1, 0.15) is 19.6 Å². The van der Waals surface area contributed by atoms with Gasteiger partial charge in [0.2, 0.25) is 5.91 Å². The summed E-state index contributed by atoms with van der Waals surface area (Å²) >= 11 is 0. The van der Waals surface area contributed by atoms with Crippen LogP contribution in [0.15, 0.2) is 53.1 Å². The second-order valence-corrected chi connectivity index (χ2v) is 4.99. The van der Waals surface area contributed by atoms with Crippen molar-refractivity contribution in [1.82, 2.24) is 4.90 Å². The molecule has 2 rings (SSSR count). The van der Waals surface area contributed by atoms with Crippen molar-refractivity contribution >= 4 is 11.6 Å². The second-order valence-electron chi connectivity index (χ2n) is 4.99. The molecule has 20 heavy (non-hydrogen) atoms. The van der Waals surface area contributed by atoms with Crippen LogP contribution >= 0.6 is 0 Å². The van der Waals surface area contributed by atoms with Crippen LogP contribution in [0.5, 0.6) is 0 Å². The minimum Gasteiger partial charge on any atom is -0.468 e. The van der Waals surface area contributed by atoms with Crippen LogP contribution in [0.4, 0.5) is 5.69 Å². The van der Waals surface area contributed by atoms with E-state index in [0.717, 1.165) is 11.4 Å². The number of rotatable bonds is 6. The summed E-state index contributed by atoms with van der Waals surface area (Å²) in [6.07, 6.45) is 1.65. The molecule has 0 aliphatic carbocycles. The fraction of sp³-hybridized carbons (Fsp3) is 0.312. The first-order chi connectivity index (χ1) is 9.65. The molecule has 1 aromatic carbocycles. The number of nitrogens with zero attached hydrogens (tertiary/aromatic N) is 1. The monoisotopic (exact) mass is 272 g/mol. The highest BCUT2D eigenvalue weighted by atomic mass is 16.3. The summed E-state index contributed by atoms with van der Waals surface area (Å²) in [5, 5.41) is 2.90. The number of carbonyl (C=O) groups excluding carboxylic acids is 1. The summed E-state index contributed by atoms with van der Waals surface area (Å²) in [4.78, 5) is 14.1. The van der Waals surface area contributed by atoms with Gasteiger partial charge in [-0.05, 0) is 38.1 Å². The first-order valence-electron chi connectivity index (χ1n) is 6.76. The molecule has 1 heterocycles. The van der Waals surface area contributed by atoms with E-state index in [1.807, 2.05) is 42.5 Å². The van der Waals surface area contributed by atoms with Crippen LogP contribution in [-0.4, -0.2) is 23.4 Å². The van der Waals surface area contributed by atoms with Gasteiger partial charge in [0.05, 0.1) is 19.4 Å². The zero-order valence-electron chi connectivity index (χ0n) is 11.9. The van der Waals surface area contributed by atoms with Gasteiger partial charge in [-0.15, -0.1) is 0 Å². The standard InChI is InChI=1S/C16H20N2O2/c1-13(2)18(11-15-9-6-10-20-15)12-16(19)17-14-7-4-3-5-8-14/h3-10,13H,11-12H2,1-2H3,(H,17,19). The van der Waals surface area contributed by atoms with Gasteiger partial charge in [0, 0.05) is 11.7 Å². The summed E-state index contributed by atoms with van der Waals surface area (Å²) in [6, 6.07) is 13.5. The Bertz CT molecular complexity index is 521. The molecular weight excluding hydrogens is 252 g/mol.